The number of nitrogens with zero attached hydrogens (tertiary/aromatic N) is 1. The van der Waals surface area contributed by atoms with Crippen LogP contribution in [0.2, 0.25) is 0 Å². The van der Waals surface area contributed by atoms with Gasteiger partial charge in [0.25, 0.3) is 0 Å². The minimum Gasteiger partial charge on any atom is -0.493 e. The SMILES string of the molecule is I.NC(=NCCNC(=O)CC1CCCC1)NC1CCOc2ccccc21. The number of rotatable bonds is 6. The molecule has 0 aromatic heterocycles. The molecule has 0 radical (unpaired) electrons. The van der Waals surface area contributed by atoms with E-state index in [4.69, 9.17) is 10.5 Å². The van der Waals surface area contributed by atoms with Crippen molar-refractivity contribution in [1.82, 2.24) is 10.6 Å². The van der Waals surface area contributed by atoms with Gasteiger partial charge >= 0.3 is 0 Å². The Kier molecular flexibility index (Phi) is 8.47. The number of hydrogen-bond donors (Lipinski definition) is 3. The van der Waals surface area contributed by atoms with Crippen LogP contribution in [0.3, 0.4) is 0 Å². The molecule has 1 atom stereocenters. The van der Waals surface area contributed by atoms with E-state index in [0.29, 0.717) is 38.0 Å². The lowest BCUT2D eigenvalue weighted by Gasteiger charge is -2.26. The number of aliphatic imine (C=N–C) groups is 1. The molecule has 1 amide bonds. The van der Waals surface area contributed by atoms with Gasteiger partial charge in [-0.05, 0) is 24.8 Å². The number of hydrogen-bond acceptors (Lipinski definition) is 3. The molecule has 0 bridgehead atoms. The predicted molar refractivity (Wildman–Crippen MR) is 114 cm³/mol. The van der Waals surface area contributed by atoms with Crippen molar-refractivity contribution in [3.05, 3.63) is 29.8 Å². The van der Waals surface area contributed by atoms with E-state index in [2.05, 4.69) is 15.6 Å². The Bertz CT molecular complexity index is 617. The van der Waals surface area contributed by atoms with Crippen LogP contribution in [0.15, 0.2) is 29.3 Å². The molecule has 4 N–H and O–H groups in total. The largest absolute Gasteiger partial charge is 0.493 e. The molecule has 1 unspecified atom stereocenters. The number of carbonyl (C=O) groups is 1. The minimum absolute atomic E-state index is 0. The quantitative estimate of drug-likeness (QED) is 0.257. The second-order valence-electron chi connectivity index (χ2n) is 6.84. The van der Waals surface area contributed by atoms with Crippen LogP contribution in [-0.4, -0.2) is 31.6 Å². The molecule has 1 saturated carbocycles. The summed E-state index contributed by atoms with van der Waals surface area (Å²) in [5.74, 6) is 2.01. The molecule has 2 aliphatic rings. The van der Waals surface area contributed by atoms with E-state index < -0.39 is 0 Å². The third kappa shape index (κ3) is 6.03. The van der Waals surface area contributed by atoms with Gasteiger partial charge in [0.15, 0.2) is 5.96 Å². The number of nitrogens with one attached hydrogen (secondary N) is 2. The highest BCUT2D eigenvalue weighted by atomic mass is 127. The average molecular weight is 472 g/mol. The monoisotopic (exact) mass is 472 g/mol. The van der Waals surface area contributed by atoms with Crippen LogP contribution in [0.5, 0.6) is 5.75 Å². The fourth-order valence-electron chi connectivity index (χ4n) is 3.64. The van der Waals surface area contributed by atoms with Gasteiger partial charge < -0.3 is 21.1 Å². The Hall–Kier alpha value is -1.51. The number of fused-ring (bicyclic) bond motifs is 1. The number of para-hydroxylation sites is 1. The Balaban J connectivity index is 0.00000243. The van der Waals surface area contributed by atoms with Gasteiger partial charge in [0.2, 0.25) is 5.91 Å². The highest BCUT2D eigenvalue weighted by Gasteiger charge is 2.21. The topological polar surface area (TPSA) is 88.7 Å². The molecule has 1 aliphatic carbocycles. The van der Waals surface area contributed by atoms with Gasteiger partial charge in [-0.2, -0.15) is 0 Å². The van der Waals surface area contributed by atoms with Crippen molar-refractivity contribution in [3.63, 3.8) is 0 Å². The maximum absolute atomic E-state index is 11.9. The molecule has 7 heteroatoms. The van der Waals surface area contributed by atoms with Crippen LogP contribution in [0.4, 0.5) is 0 Å². The number of nitrogens with two attached hydrogens (primary N) is 1. The molecule has 1 aromatic carbocycles. The maximum atomic E-state index is 11.9. The molecule has 1 fully saturated rings. The van der Waals surface area contributed by atoms with Gasteiger partial charge in [-0.15, -0.1) is 24.0 Å². The normalized spacial score (nSPS) is 19.8. The highest BCUT2D eigenvalue weighted by Crippen LogP contribution is 2.31. The minimum atomic E-state index is 0. The van der Waals surface area contributed by atoms with Crippen molar-refractivity contribution in [2.45, 2.75) is 44.6 Å². The molecule has 26 heavy (non-hydrogen) atoms. The molecule has 1 aromatic rings. The van der Waals surface area contributed by atoms with E-state index in [9.17, 15) is 4.79 Å². The zero-order chi connectivity index (χ0) is 17.5. The summed E-state index contributed by atoms with van der Waals surface area (Å²) in [5, 5.41) is 6.19. The average Bonchev–Trinajstić information content (AvgIpc) is 3.12. The summed E-state index contributed by atoms with van der Waals surface area (Å²) in [6.07, 6.45) is 6.41. The predicted octanol–water partition coefficient (Wildman–Crippen LogP) is 2.73. The van der Waals surface area contributed by atoms with Crippen LogP contribution < -0.4 is 21.1 Å². The first-order valence-electron chi connectivity index (χ1n) is 9.27. The van der Waals surface area contributed by atoms with E-state index in [1.54, 1.807) is 0 Å². The van der Waals surface area contributed by atoms with Gasteiger partial charge in [0, 0.05) is 24.9 Å². The molecule has 1 aliphatic heterocycles. The number of ether oxygens (including phenoxy) is 1. The van der Waals surface area contributed by atoms with Crippen molar-refractivity contribution in [2.24, 2.45) is 16.6 Å². The maximum Gasteiger partial charge on any atom is 0.220 e. The summed E-state index contributed by atoms with van der Waals surface area (Å²) in [6.45, 7) is 1.68. The van der Waals surface area contributed by atoms with Crippen molar-refractivity contribution >= 4 is 35.8 Å². The number of carbonyl (C=O) groups excluding carboxylic acids is 1. The molecular weight excluding hydrogens is 443 g/mol. The Labute approximate surface area is 172 Å². The molecule has 1 heterocycles. The third-order valence-electron chi connectivity index (χ3n) is 4.95. The van der Waals surface area contributed by atoms with Gasteiger partial charge in [0.1, 0.15) is 5.75 Å². The Morgan fingerprint density at radius 3 is 2.81 bits per heavy atom. The summed E-state index contributed by atoms with van der Waals surface area (Å²) in [6, 6.07) is 8.09. The summed E-state index contributed by atoms with van der Waals surface area (Å²) in [7, 11) is 0. The molecule has 3 rings (SSSR count). The smallest absolute Gasteiger partial charge is 0.220 e. The number of halogens is 1. The first-order valence-corrected chi connectivity index (χ1v) is 9.27. The van der Waals surface area contributed by atoms with Crippen LogP contribution >= 0.6 is 24.0 Å². The van der Waals surface area contributed by atoms with Gasteiger partial charge in [-0.25, -0.2) is 0 Å². The lowest BCUT2D eigenvalue weighted by Crippen LogP contribution is -2.38. The molecule has 0 spiro atoms. The van der Waals surface area contributed by atoms with Crippen molar-refractivity contribution in [1.29, 1.82) is 0 Å². The standard InChI is InChI=1S/C19H28N4O2.HI/c20-19(22-11-10-21-18(24)13-14-5-1-2-6-14)23-16-9-12-25-17-8-4-3-7-15(16)17;/h3-4,7-8,14,16H,1-2,5-6,9-13H2,(H,21,24)(H3,20,22,23);1H. The third-order valence-corrected chi connectivity index (χ3v) is 4.95. The van der Waals surface area contributed by atoms with E-state index in [-0.39, 0.29) is 35.9 Å². The van der Waals surface area contributed by atoms with E-state index in [0.717, 1.165) is 17.7 Å². The summed E-state index contributed by atoms with van der Waals surface area (Å²) in [4.78, 5) is 16.2. The van der Waals surface area contributed by atoms with Crippen molar-refractivity contribution in [3.8, 4) is 5.75 Å². The first-order chi connectivity index (χ1) is 12.2. The number of benzene rings is 1. The Morgan fingerprint density at radius 2 is 2.00 bits per heavy atom. The molecular formula is C19H29IN4O2. The van der Waals surface area contributed by atoms with Crippen LogP contribution in [0, 0.1) is 5.92 Å². The van der Waals surface area contributed by atoms with E-state index in [1.165, 1.54) is 25.7 Å². The fourth-order valence-corrected chi connectivity index (χ4v) is 3.64. The highest BCUT2D eigenvalue weighted by molar-refractivity contribution is 14.0. The first kappa shape index (κ1) is 20.8. The number of guanidine groups is 1. The van der Waals surface area contributed by atoms with E-state index >= 15 is 0 Å². The zero-order valence-corrected chi connectivity index (χ0v) is 17.4. The second kappa shape index (κ2) is 10.6. The second-order valence-corrected chi connectivity index (χ2v) is 6.84. The lowest BCUT2D eigenvalue weighted by molar-refractivity contribution is -0.121. The van der Waals surface area contributed by atoms with Crippen LogP contribution in [0.25, 0.3) is 0 Å². The van der Waals surface area contributed by atoms with Gasteiger partial charge in [-0.1, -0.05) is 31.0 Å². The fraction of sp³-hybridized carbons (Fsp3) is 0.579. The van der Waals surface area contributed by atoms with Gasteiger partial charge in [-0.3, -0.25) is 9.79 Å². The van der Waals surface area contributed by atoms with Crippen molar-refractivity contribution in [2.75, 3.05) is 19.7 Å². The van der Waals surface area contributed by atoms with Gasteiger partial charge in [0.05, 0.1) is 19.2 Å². The summed E-state index contributed by atoms with van der Waals surface area (Å²) in [5.41, 5.74) is 7.10. The van der Waals surface area contributed by atoms with Crippen LogP contribution in [-0.2, 0) is 4.79 Å². The summed E-state index contributed by atoms with van der Waals surface area (Å²) >= 11 is 0. The van der Waals surface area contributed by atoms with E-state index in [1.807, 2.05) is 24.3 Å². The molecule has 6 nitrogen and oxygen atoms in total. The van der Waals surface area contributed by atoms with Crippen LogP contribution in [0.1, 0.15) is 50.1 Å². The lowest BCUT2D eigenvalue weighted by atomic mass is 10.0. The zero-order valence-electron chi connectivity index (χ0n) is 15.1. The Morgan fingerprint density at radius 1 is 1.23 bits per heavy atom. The molecule has 0 saturated heterocycles. The summed E-state index contributed by atoms with van der Waals surface area (Å²) < 4.78 is 5.65. The molecule has 144 valence electrons. The number of amides is 1. The van der Waals surface area contributed by atoms with Crippen molar-refractivity contribution < 1.29 is 9.53 Å².